The van der Waals surface area contributed by atoms with Gasteiger partial charge in [-0.3, -0.25) is 0 Å². The average molecular weight is 265 g/mol. The van der Waals surface area contributed by atoms with Crippen molar-refractivity contribution >= 4 is 17.3 Å². The van der Waals surface area contributed by atoms with Crippen LogP contribution in [-0.4, -0.2) is 29.8 Å². The van der Waals surface area contributed by atoms with Gasteiger partial charge in [0, 0.05) is 37.5 Å². The first kappa shape index (κ1) is 13.1. The summed E-state index contributed by atoms with van der Waals surface area (Å²) in [5, 5.41) is 5.47. The molecule has 0 bridgehead atoms. The molecule has 0 aliphatic heterocycles. The lowest BCUT2D eigenvalue weighted by molar-refractivity contribution is 0.197. The molecule has 2 aromatic rings. The van der Waals surface area contributed by atoms with Crippen LogP contribution in [0.4, 0.5) is 5.95 Å². The second kappa shape index (κ2) is 6.56. The number of aryl methyl sites for hydroxylation is 1. The van der Waals surface area contributed by atoms with Crippen LogP contribution >= 0.6 is 11.3 Å². The predicted octanol–water partition coefficient (Wildman–Crippen LogP) is 2.75. The molecule has 5 heteroatoms. The highest BCUT2D eigenvalue weighted by molar-refractivity contribution is 7.10. The summed E-state index contributed by atoms with van der Waals surface area (Å²) < 4.78 is 7.17. The zero-order valence-corrected chi connectivity index (χ0v) is 11.7. The third kappa shape index (κ3) is 3.34. The lowest BCUT2D eigenvalue weighted by atomic mass is 10.3. The van der Waals surface area contributed by atoms with Gasteiger partial charge in [0.05, 0.1) is 6.54 Å². The molecule has 1 N–H and O–H groups in total. The molecule has 98 valence electrons. The maximum Gasteiger partial charge on any atom is 0.203 e. The fourth-order valence-electron chi connectivity index (χ4n) is 1.74. The topological polar surface area (TPSA) is 39.1 Å². The first-order valence-electron chi connectivity index (χ1n) is 6.08. The van der Waals surface area contributed by atoms with Gasteiger partial charge >= 0.3 is 0 Å². The Morgan fingerprint density at radius 3 is 3.11 bits per heavy atom. The lowest BCUT2D eigenvalue weighted by Gasteiger charge is -2.09. The van der Waals surface area contributed by atoms with Gasteiger partial charge in [0.1, 0.15) is 0 Å². The number of nitrogens with one attached hydrogen (secondary N) is 1. The molecule has 0 radical (unpaired) electrons. The summed E-state index contributed by atoms with van der Waals surface area (Å²) in [6.07, 6.45) is 4.83. The second-order valence-electron chi connectivity index (χ2n) is 4.18. The van der Waals surface area contributed by atoms with Gasteiger partial charge in [0.2, 0.25) is 5.95 Å². The van der Waals surface area contributed by atoms with Crippen molar-refractivity contribution in [1.82, 2.24) is 9.55 Å². The van der Waals surface area contributed by atoms with E-state index in [0.29, 0.717) is 0 Å². The van der Waals surface area contributed by atoms with E-state index in [1.54, 1.807) is 18.4 Å². The molecule has 0 aliphatic carbocycles. The van der Waals surface area contributed by atoms with Crippen molar-refractivity contribution in [3.8, 4) is 0 Å². The Labute approximate surface area is 112 Å². The van der Waals surface area contributed by atoms with Crippen LogP contribution < -0.4 is 5.32 Å². The van der Waals surface area contributed by atoms with Crippen LogP contribution in [0.15, 0.2) is 23.8 Å². The molecular formula is C13H19N3OS. The summed E-state index contributed by atoms with van der Waals surface area (Å²) in [6.45, 7) is 4.69. The molecular weight excluding hydrogens is 246 g/mol. The van der Waals surface area contributed by atoms with Crippen molar-refractivity contribution in [2.45, 2.75) is 19.9 Å². The number of hydrogen-bond acceptors (Lipinski definition) is 4. The molecule has 0 atom stereocenters. The highest BCUT2D eigenvalue weighted by Gasteiger charge is 2.05. The Hall–Kier alpha value is -1.33. The summed E-state index contributed by atoms with van der Waals surface area (Å²) in [4.78, 5) is 5.72. The Kier molecular flexibility index (Phi) is 4.78. The smallest absolute Gasteiger partial charge is 0.203 e. The van der Waals surface area contributed by atoms with Gasteiger partial charge in [-0.1, -0.05) is 0 Å². The normalized spacial score (nSPS) is 10.8. The van der Waals surface area contributed by atoms with Crippen molar-refractivity contribution in [2.24, 2.45) is 0 Å². The molecule has 2 rings (SSSR count). The standard InChI is InChI=1S/C13H19N3OS/c1-11-4-9-18-12(11)10-16-7-6-15-13(16)14-5-3-8-17-2/h4,6-7,9H,3,5,8,10H2,1-2H3,(H,14,15). The van der Waals surface area contributed by atoms with Gasteiger partial charge in [-0.2, -0.15) is 0 Å². The third-order valence-electron chi connectivity index (χ3n) is 2.81. The van der Waals surface area contributed by atoms with Crippen molar-refractivity contribution in [3.05, 3.63) is 34.3 Å². The van der Waals surface area contributed by atoms with Crippen LogP contribution in [0, 0.1) is 6.92 Å². The molecule has 0 aromatic carbocycles. The first-order valence-corrected chi connectivity index (χ1v) is 6.96. The van der Waals surface area contributed by atoms with E-state index in [0.717, 1.165) is 32.1 Å². The van der Waals surface area contributed by atoms with E-state index in [9.17, 15) is 0 Å². The molecule has 0 unspecified atom stereocenters. The number of thiophene rings is 1. The van der Waals surface area contributed by atoms with Crippen LogP contribution in [0.25, 0.3) is 0 Å². The third-order valence-corrected chi connectivity index (χ3v) is 3.81. The fourth-order valence-corrected chi connectivity index (χ4v) is 2.65. The van der Waals surface area contributed by atoms with Crippen LogP contribution in [0.3, 0.4) is 0 Å². The van der Waals surface area contributed by atoms with Crippen LogP contribution in [0.5, 0.6) is 0 Å². The number of aromatic nitrogens is 2. The molecule has 0 fully saturated rings. The fraction of sp³-hybridized carbons (Fsp3) is 0.462. The maximum atomic E-state index is 5.03. The zero-order chi connectivity index (χ0) is 12.8. The van der Waals surface area contributed by atoms with E-state index < -0.39 is 0 Å². The quantitative estimate of drug-likeness (QED) is 0.782. The van der Waals surface area contributed by atoms with E-state index in [1.807, 2.05) is 12.4 Å². The minimum Gasteiger partial charge on any atom is -0.385 e. The van der Waals surface area contributed by atoms with E-state index in [1.165, 1.54) is 10.4 Å². The Balaban J connectivity index is 1.93. The van der Waals surface area contributed by atoms with E-state index >= 15 is 0 Å². The summed E-state index contributed by atoms with van der Waals surface area (Å²) in [7, 11) is 1.72. The number of ether oxygens (including phenoxy) is 1. The summed E-state index contributed by atoms with van der Waals surface area (Å²) in [5.41, 5.74) is 1.35. The van der Waals surface area contributed by atoms with Gasteiger partial charge in [-0.15, -0.1) is 11.3 Å². The van der Waals surface area contributed by atoms with E-state index in [2.05, 4.69) is 33.2 Å². The number of anilines is 1. The molecule has 0 spiro atoms. The van der Waals surface area contributed by atoms with Gasteiger partial charge < -0.3 is 14.6 Å². The number of methoxy groups -OCH3 is 1. The molecule has 4 nitrogen and oxygen atoms in total. The van der Waals surface area contributed by atoms with Crippen molar-refractivity contribution < 1.29 is 4.74 Å². The number of nitrogens with zero attached hydrogens (tertiary/aromatic N) is 2. The average Bonchev–Trinajstić information content (AvgIpc) is 2.96. The SMILES string of the molecule is COCCCNc1nccn1Cc1sccc1C. The predicted molar refractivity (Wildman–Crippen MR) is 75.4 cm³/mol. The minimum atomic E-state index is 0.776. The molecule has 18 heavy (non-hydrogen) atoms. The molecule has 0 saturated carbocycles. The largest absolute Gasteiger partial charge is 0.385 e. The molecule has 0 amide bonds. The number of rotatable bonds is 7. The van der Waals surface area contributed by atoms with Crippen LogP contribution in [0.2, 0.25) is 0 Å². The van der Waals surface area contributed by atoms with Gasteiger partial charge in [-0.25, -0.2) is 4.98 Å². The lowest BCUT2D eigenvalue weighted by Crippen LogP contribution is -2.10. The Morgan fingerprint density at radius 1 is 1.50 bits per heavy atom. The van der Waals surface area contributed by atoms with Gasteiger partial charge in [-0.05, 0) is 30.4 Å². The van der Waals surface area contributed by atoms with Crippen molar-refractivity contribution in [1.29, 1.82) is 0 Å². The highest BCUT2D eigenvalue weighted by Crippen LogP contribution is 2.18. The monoisotopic (exact) mass is 265 g/mol. The maximum absolute atomic E-state index is 5.03. The van der Waals surface area contributed by atoms with Crippen LogP contribution in [0.1, 0.15) is 16.9 Å². The number of hydrogen-bond donors (Lipinski definition) is 1. The zero-order valence-electron chi connectivity index (χ0n) is 10.8. The molecule has 0 saturated heterocycles. The van der Waals surface area contributed by atoms with Gasteiger partial charge in [0.25, 0.3) is 0 Å². The minimum absolute atomic E-state index is 0.776. The van der Waals surface area contributed by atoms with E-state index in [4.69, 9.17) is 4.74 Å². The summed E-state index contributed by atoms with van der Waals surface area (Å²) >= 11 is 1.79. The summed E-state index contributed by atoms with van der Waals surface area (Å²) in [5.74, 6) is 0.930. The Bertz CT molecular complexity index is 478. The number of imidazole rings is 1. The van der Waals surface area contributed by atoms with E-state index in [-0.39, 0.29) is 0 Å². The molecule has 0 aliphatic rings. The van der Waals surface area contributed by atoms with Crippen molar-refractivity contribution in [2.75, 3.05) is 25.6 Å². The van der Waals surface area contributed by atoms with Gasteiger partial charge in [0.15, 0.2) is 0 Å². The second-order valence-corrected chi connectivity index (χ2v) is 5.18. The summed E-state index contributed by atoms with van der Waals surface area (Å²) in [6, 6.07) is 2.16. The first-order chi connectivity index (χ1) is 8.81. The molecule has 2 aromatic heterocycles. The van der Waals surface area contributed by atoms with Crippen LogP contribution in [-0.2, 0) is 11.3 Å². The molecule has 2 heterocycles. The Morgan fingerprint density at radius 2 is 2.39 bits per heavy atom. The van der Waals surface area contributed by atoms with Crippen molar-refractivity contribution in [3.63, 3.8) is 0 Å². The highest BCUT2D eigenvalue weighted by atomic mass is 32.1.